The first-order chi connectivity index (χ1) is 41.0. The van der Waals surface area contributed by atoms with E-state index in [1.807, 2.05) is 0 Å². The van der Waals surface area contributed by atoms with E-state index in [2.05, 4.69) is 118 Å². The molecule has 0 aliphatic rings. The second-order valence-electron chi connectivity index (χ2n) is 23.8. The minimum absolute atomic E-state index is 0.0989. The summed E-state index contributed by atoms with van der Waals surface area (Å²) in [6.45, 7) is 6.50. The zero-order valence-electron chi connectivity index (χ0n) is 54.9. The molecule has 1 atom stereocenters. The third-order valence-electron chi connectivity index (χ3n) is 15.5. The topological polar surface area (TPSA) is 78.9 Å². The maximum atomic E-state index is 12.9. The van der Waals surface area contributed by atoms with E-state index in [9.17, 15) is 14.4 Å². The molecule has 478 valence electrons. The molecule has 0 saturated carbocycles. The number of carbonyl (C=O) groups is 3. The Labute approximate surface area is 515 Å². The van der Waals surface area contributed by atoms with Gasteiger partial charge in [-0.2, -0.15) is 0 Å². The second kappa shape index (κ2) is 70.8. The van der Waals surface area contributed by atoms with Crippen molar-refractivity contribution in [1.29, 1.82) is 0 Å². The summed E-state index contributed by atoms with van der Waals surface area (Å²) in [7, 11) is 0. The van der Waals surface area contributed by atoms with Gasteiger partial charge in [0.2, 0.25) is 0 Å². The number of rotatable bonds is 65. The van der Waals surface area contributed by atoms with Gasteiger partial charge in [0.15, 0.2) is 6.10 Å². The molecular formula is C77H134O6. The van der Waals surface area contributed by atoms with Crippen LogP contribution in [0.4, 0.5) is 0 Å². The highest BCUT2D eigenvalue weighted by atomic mass is 16.6. The second-order valence-corrected chi connectivity index (χ2v) is 23.8. The third-order valence-corrected chi connectivity index (χ3v) is 15.5. The molecule has 0 aromatic heterocycles. The van der Waals surface area contributed by atoms with Gasteiger partial charge >= 0.3 is 17.9 Å². The fraction of sp³-hybridized carbons (Fsp3) is 0.753. The Morgan fingerprint density at radius 1 is 0.253 bits per heavy atom. The summed E-state index contributed by atoms with van der Waals surface area (Å²) in [5.41, 5.74) is 0. The first-order valence-corrected chi connectivity index (χ1v) is 35.7. The molecule has 0 aliphatic heterocycles. The molecule has 0 aromatic rings. The molecule has 0 amide bonds. The van der Waals surface area contributed by atoms with Crippen LogP contribution in [-0.2, 0) is 28.6 Å². The summed E-state index contributed by atoms with van der Waals surface area (Å²) < 4.78 is 16.9. The summed E-state index contributed by atoms with van der Waals surface area (Å²) in [5.74, 6) is -0.947. The molecule has 0 fully saturated rings. The van der Waals surface area contributed by atoms with E-state index in [0.717, 1.165) is 83.5 Å². The normalized spacial score (nSPS) is 12.7. The van der Waals surface area contributed by atoms with Crippen LogP contribution >= 0.6 is 0 Å². The van der Waals surface area contributed by atoms with Crippen molar-refractivity contribution in [2.75, 3.05) is 13.2 Å². The number of ether oxygens (including phenoxy) is 3. The van der Waals surface area contributed by atoms with Gasteiger partial charge in [-0.15, -0.1) is 0 Å². The SMILES string of the molecule is CC/C=C\C/C=C\C/C=C\C/C=C\C/C=C\CCCC(=O)OC(COC(=O)CCCCCCCCC/C=C\CCCCCCCC)COC(=O)CCCCCCCCCCCCCCCCCCCCC/C=C\C/C=C\CCCCCCC. The molecule has 0 radical (unpaired) electrons. The van der Waals surface area contributed by atoms with E-state index in [1.54, 1.807) is 0 Å². The van der Waals surface area contributed by atoms with Crippen LogP contribution in [0, 0.1) is 0 Å². The van der Waals surface area contributed by atoms with Gasteiger partial charge in [-0.05, 0) is 116 Å². The lowest BCUT2D eigenvalue weighted by Crippen LogP contribution is -2.30. The van der Waals surface area contributed by atoms with E-state index in [4.69, 9.17) is 14.2 Å². The number of esters is 3. The Morgan fingerprint density at radius 2 is 0.482 bits per heavy atom. The van der Waals surface area contributed by atoms with Gasteiger partial charge in [0.25, 0.3) is 0 Å². The highest BCUT2D eigenvalue weighted by Gasteiger charge is 2.19. The van der Waals surface area contributed by atoms with Gasteiger partial charge in [0, 0.05) is 19.3 Å². The summed E-state index contributed by atoms with van der Waals surface area (Å²) in [6.07, 6.45) is 95.9. The maximum absolute atomic E-state index is 12.9. The molecule has 83 heavy (non-hydrogen) atoms. The zero-order valence-corrected chi connectivity index (χ0v) is 54.9. The predicted octanol–water partition coefficient (Wildman–Crippen LogP) is 24.8. The van der Waals surface area contributed by atoms with E-state index < -0.39 is 6.10 Å². The fourth-order valence-corrected chi connectivity index (χ4v) is 10.2. The van der Waals surface area contributed by atoms with Crippen LogP contribution in [0.15, 0.2) is 97.2 Å². The van der Waals surface area contributed by atoms with Gasteiger partial charge in [0.1, 0.15) is 13.2 Å². The summed E-state index contributed by atoms with van der Waals surface area (Å²) in [5, 5.41) is 0. The van der Waals surface area contributed by atoms with Crippen LogP contribution < -0.4 is 0 Å². The third kappa shape index (κ3) is 69.0. The Kier molecular flexibility index (Phi) is 67.7. The van der Waals surface area contributed by atoms with Crippen LogP contribution in [0.2, 0.25) is 0 Å². The van der Waals surface area contributed by atoms with Crippen molar-refractivity contribution in [1.82, 2.24) is 0 Å². The maximum Gasteiger partial charge on any atom is 0.306 e. The fourth-order valence-electron chi connectivity index (χ4n) is 10.2. The predicted molar refractivity (Wildman–Crippen MR) is 362 cm³/mol. The molecule has 0 spiro atoms. The molecule has 0 aliphatic carbocycles. The average Bonchev–Trinajstić information content (AvgIpc) is 3.50. The summed E-state index contributed by atoms with van der Waals surface area (Å²) in [4.78, 5) is 38.4. The number of hydrogen-bond donors (Lipinski definition) is 0. The van der Waals surface area contributed by atoms with Crippen LogP contribution in [0.5, 0.6) is 0 Å². The van der Waals surface area contributed by atoms with Gasteiger partial charge in [-0.25, -0.2) is 0 Å². The van der Waals surface area contributed by atoms with Crippen molar-refractivity contribution in [3.05, 3.63) is 97.2 Å². The number of allylic oxidation sites excluding steroid dienone is 16. The molecule has 6 heteroatoms. The van der Waals surface area contributed by atoms with Crippen molar-refractivity contribution >= 4 is 17.9 Å². The van der Waals surface area contributed by atoms with Crippen molar-refractivity contribution in [2.45, 2.75) is 361 Å². The minimum atomic E-state index is -0.810. The van der Waals surface area contributed by atoms with Crippen LogP contribution in [-0.4, -0.2) is 37.2 Å². The van der Waals surface area contributed by atoms with E-state index in [1.165, 1.54) is 225 Å². The van der Waals surface area contributed by atoms with Crippen LogP contribution in [0.25, 0.3) is 0 Å². The lowest BCUT2D eigenvalue weighted by atomic mass is 10.0. The summed E-state index contributed by atoms with van der Waals surface area (Å²) >= 11 is 0. The van der Waals surface area contributed by atoms with Crippen molar-refractivity contribution in [2.24, 2.45) is 0 Å². The quantitative estimate of drug-likeness (QED) is 0.0261. The first-order valence-electron chi connectivity index (χ1n) is 35.7. The highest BCUT2D eigenvalue weighted by Crippen LogP contribution is 2.17. The largest absolute Gasteiger partial charge is 0.462 e. The molecule has 0 saturated heterocycles. The van der Waals surface area contributed by atoms with Gasteiger partial charge < -0.3 is 14.2 Å². The van der Waals surface area contributed by atoms with Crippen molar-refractivity contribution < 1.29 is 28.6 Å². The number of carbonyl (C=O) groups excluding carboxylic acids is 3. The van der Waals surface area contributed by atoms with E-state index in [0.29, 0.717) is 19.3 Å². The highest BCUT2D eigenvalue weighted by molar-refractivity contribution is 5.71. The molecule has 6 nitrogen and oxygen atoms in total. The lowest BCUT2D eigenvalue weighted by molar-refractivity contribution is -0.167. The molecule has 0 heterocycles. The Balaban J connectivity index is 4.28. The monoisotopic (exact) mass is 1160 g/mol. The molecule has 0 rings (SSSR count). The van der Waals surface area contributed by atoms with Crippen molar-refractivity contribution in [3.8, 4) is 0 Å². The van der Waals surface area contributed by atoms with Gasteiger partial charge in [-0.3, -0.25) is 14.4 Å². The average molecular weight is 1160 g/mol. The van der Waals surface area contributed by atoms with Gasteiger partial charge in [-0.1, -0.05) is 317 Å². The summed E-state index contributed by atoms with van der Waals surface area (Å²) in [6, 6.07) is 0. The minimum Gasteiger partial charge on any atom is -0.462 e. The van der Waals surface area contributed by atoms with E-state index in [-0.39, 0.29) is 37.5 Å². The van der Waals surface area contributed by atoms with Crippen LogP contribution in [0.3, 0.4) is 0 Å². The number of hydrogen-bond acceptors (Lipinski definition) is 6. The Morgan fingerprint density at radius 3 is 0.783 bits per heavy atom. The molecular weight excluding hydrogens is 1020 g/mol. The Bertz CT molecular complexity index is 1610. The standard InChI is InChI=1S/C77H134O6/c1-4-7-10-13-16-19-22-25-28-31-32-33-34-35-36-37-38-39-40-41-42-43-44-47-49-52-55-58-61-64-67-70-76(79)82-73-74(83-77(80)71-68-65-62-59-56-53-50-46-30-27-24-21-18-15-12-9-6-3)72-81-75(78)69-66-63-60-57-54-51-48-45-29-26-23-20-17-14-11-8-5-2/h9,12,18,21-22,25-27,29-32,50,53,59,62,74H,4-8,10-11,13-17,19-20,23-24,28,33-49,51-52,54-58,60-61,63-73H2,1-3H3/b12-9-,21-18-,25-22-,29-26-,30-27-,32-31-,53-50-,62-59-. The molecule has 0 aromatic carbocycles. The lowest BCUT2D eigenvalue weighted by Gasteiger charge is -2.18. The molecule has 0 bridgehead atoms. The number of unbranched alkanes of at least 4 members (excludes halogenated alkanes) is 38. The Hall–Kier alpha value is -3.67. The molecule has 0 N–H and O–H groups in total. The molecule has 1 unspecified atom stereocenters. The van der Waals surface area contributed by atoms with E-state index >= 15 is 0 Å². The van der Waals surface area contributed by atoms with Crippen LogP contribution in [0.1, 0.15) is 355 Å². The zero-order chi connectivity index (χ0) is 59.9. The van der Waals surface area contributed by atoms with Gasteiger partial charge in [0.05, 0.1) is 0 Å². The smallest absolute Gasteiger partial charge is 0.306 e. The van der Waals surface area contributed by atoms with Crippen molar-refractivity contribution in [3.63, 3.8) is 0 Å². The first kappa shape index (κ1) is 79.3.